The summed E-state index contributed by atoms with van der Waals surface area (Å²) in [5.74, 6) is 0.765. The molecule has 0 N–H and O–H groups in total. The van der Waals surface area contributed by atoms with Gasteiger partial charge in [-0.25, -0.2) is 4.68 Å². The van der Waals surface area contributed by atoms with E-state index in [4.69, 9.17) is 11.6 Å². The van der Waals surface area contributed by atoms with E-state index in [0.717, 1.165) is 25.1 Å². The van der Waals surface area contributed by atoms with E-state index in [1.807, 2.05) is 11.6 Å². The van der Waals surface area contributed by atoms with E-state index in [1.165, 1.54) is 11.1 Å². The molecule has 1 aromatic carbocycles. The fourth-order valence-corrected chi connectivity index (χ4v) is 2.75. The first-order valence-electron chi connectivity index (χ1n) is 6.24. The summed E-state index contributed by atoms with van der Waals surface area (Å²) in [6.45, 7) is 1.90. The molecule has 0 amide bonds. The molecule has 2 unspecified atom stereocenters. The predicted molar refractivity (Wildman–Crippen MR) is 69.6 cm³/mol. The lowest BCUT2D eigenvalue weighted by Gasteiger charge is -2.25. The van der Waals surface area contributed by atoms with Gasteiger partial charge in [-0.05, 0) is 47.7 Å². The number of nitrogens with zero attached hydrogens (tertiary/aromatic N) is 4. The van der Waals surface area contributed by atoms with Crippen LogP contribution in [-0.4, -0.2) is 20.2 Å². The number of aryl methyl sites for hydroxylation is 1. The van der Waals surface area contributed by atoms with Crippen LogP contribution in [0, 0.1) is 0 Å². The Labute approximate surface area is 111 Å². The first kappa shape index (κ1) is 11.7. The van der Waals surface area contributed by atoms with Gasteiger partial charge in [-0.3, -0.25) is 0 Å². The SMILES string of the molecule is CC(Cl)c1nnnn1C1CCc2ccccc2C1. The normalized spacial score (nSPS) is 20.4. The average molecular weight is 263 g/mol. The Morgan fingerprint density at radius 1 is 1.33 bits per heavy atom. The van der Waals surface area contributed by atoms with Gasteiger partial charge in [0.15, 0.2) is 5.82 Å². The van der Waals surface area contributed by atoms with E-state index >= 15 is 0 Å². The van der Waals surface area contributed by atoms with Crippen LogP contribution in [-0.2, 0) is 12.8 Å². The lowest BCUT2D eigenvalue weighted by atomic mass is 9.88. The van der Waals surface area contributed by atoms with E-state index in [2.05, 4.69) is 39.8 Å². The van der Waals surface area contributed by atoms with Gasteiger partial charge in [0.05, 0.1) is 11.4 Å². The third-order valence-electron chi connectivity index (χ3n) is 3.54. The van der Waals surface area contributed by atoms with Crippen LogP contribution in [0.25, 0.3) is 0 Å². The largest absolute Gasteiger partial charge is 0.225 e. The molecule has 4 nitrogen and oxygen atoms in total. The van der Waals surface area contributed by atoms with Crippen molar-refractivity contribution in [1.82, 2.24) is 20.2 Å². The number of halogens is 1. The fourth-order valence-electron chi connectivity index (χ4n) is 2.61. The number of alkyl halides is 1. The number of fused-ring (bicyclic) bond motifs is 1. The molecule has 1 aliphatic rings. The average Bonchev–Trinajstić information content (AvgIpc) is 2.87. The molecule has 0 fully saturated rings. The molecule has 0 saturated carbocycles. The van der Waals surface area contributed by atoms with E-state index in [1.54, 1.807) is 0 Å². The zero-order valence-electron chi connectivity index (χ0n) is 10.3. The standard InChI is InChI=1S/C13H15ClN4/c1-9(14)13-15-16-17-18(13)12-7-6-10-4-2-3-5-11(10)8-12/h2-5,9,12H,6-8H2,1H3. The van der Waals surface area contributed by atoms with Gasteiger partial charge in [0.1, 0.15) is 0 Å². The van der Waals surface area contributed by atoms with Crippen molar-refractivity contribution in [2.45, 2.75) is 37.6 Å². The van der Waals surface area contributed by atoms with E-state index < -0.39 is 0 Å². The van der Waals surface area contributed by atoms with Crippen molar-refractivity contribution in [2.24, 2.45) is 0 Å². The molecule has 18 heavy (non-hydrogen) atoms. The first-order chi connectivity index (χ1) is 8.75. The Balaban J connectivity index is 1.90. The summed E-state index contributed by atoms with van der Waals surface area (Å²) >= 11 is 6.11. The predicted octanol–water partition coefficient (Wildman–Crippen LogP) is 2.70. The van der Waals surface area contributed by atoms with Gasteiger partial charge in [-0.15, -0.1) is 16.7 Å². The quantitative estimate of drug-likeness (QED) is 0.782. The Hall–Kier alpha value is -1.42. The first-order valence-corrected chi connectivity index (χ1v) is 6.68. The molecule has 94 valence electrons. The van der Waals surface area contributed by atoms with Crippen LogP contribution in [0.2, 0.25) is 0 Å². The van der Waals surface area contributed by atoms with Crippen LogP contribution in [0.3, 0.4) is 0 Å². The van der Waals surface area contributed by atoms with Crippen LogP contribution in [0.5, 0.6) is 0 Å². The third kappa shape index (κ3) is 2.01. The van der Waals surface area contributed by atoms with Crippen LogP contribution in [0.15, 0.2) is 24.3 Å². The van der Waals surface area contributed by atoms with Gasteiger partial charge in [-0.2, -0.15) is 0 Å². The summed E-state index contributed by atoms with van der Waals surface area (Å²) < 4.78 is 1.90. The Morgan fingerprint density at radius 2 is 2.11 bits per heavy atom. The monoisotopic (exact) mass is 262 g/mol. The number of hydrogen-bond acceptors (Lipinski definition) is 3. The molecular weight excluding hydrogens is 248 g/mol. The van der Waals surface area contributed by atoms with Crippen molar-refractivity contribution in [3.05, 3.63) is 41.2 Å². The van der Waals surface area contributed by atoms with E-state index in [-0.39, 0.29) is 5.38 Å². The topological polar surface area (TPSA) is 43.6 Å². The summed E-state index contributed by atoms with van der Waals surface area (Å²) in [5.41, 5.74) is 2.85. The lowest BCUT2D eigenvalue weighted by molar-refractivity contribution is 0.384. The Bertz CT molecular complexity index is 549. The molecule has 5 heteroatoms. The van der Waals surface area contributed by atoms with Gasteiger partial charge >= 0.3 is 0 Å². The number of benzene rings is 1. The van der Waals surface area contributed by atoms with Crippen LogP contribution >= 0.6 is 11.6 Å². The number of rotatable bonds is 2. The van der Waals surface area contributed by atoms with E-state index in [0.29, 0.717) is 6.04 Å². The highest BCUT2D eigenvalue weighted by molar-refractivity contribution is 6.20. The summed E-state index contributed by atoms with van der Waals surface area (Å²) in [4.78, 5) is 0. The van der Waals surface area contributed by atoms with Crippen LogP contribution < -0.4 is 0 Å². The second-order valence-electron chi connectivity index (χ2n) is 4.76. The molecule has 3 rings (SSSR count). The maximum atomic E-state index is 6.11. The third-order valence-corrected chi connectivity index (χ3v) is 3.74. The fraction of sp³-hybridized carbons (Fsp3) is 0.462. The maximum absolute atomic E-state index is 6.11. The summed E-state index contributed by atoms with van der Waals surface area (Å²) in [6.07, 6.45) is 3.13. The lowest BCUT2D eigenvalue weighted by Crippen LogP contribution is -2.21. The van der Waals surface area contributed by atoms with Gasteiger partial charge in [0, 0.05) is 0 Å². The molecule has 0 saturated heterocycles. The smallest absolute Gasteiger partial charge is 0.169 e. The van der Waals surface area contributed by atoms with E-state index in [9.17, 15) is 0 Å². The molecule has 1 aromatic heterocycles. The zero-order valence-corrected chi connectivity index (χ0v) is 11.0. The number of tetrazole rings is 1. The molecular formula is C13H15ClN4. The maximum Gasteiger partial charge on any atom is 0.169 e. The molecule has 0 aliphatic heterocycles. The van der Waals surface area contributed by atoms with Crippen molar-refractivity contribution >= 4 is 11.6 Å². The minimum atomic E-state index is -0.155. The molecule has 0 radical (unpaired) electrons. The minimum Gasteiger partial charge on any atom is -0.225 e. The molecule has 1 aliphatic carbocycles. The summed E-state index contributed by atoms with van der Waals surface area (Å²) in [5, 5.41) is 11.7. The Morgan fingerprint density at radius 3 is 2.89 bits per heavy atom. The van der Waals surface area contributed by atoms with Gasteiger partial charge in [0.2, 0.25) is 0 Å². The van der Waals surface area contributed by atoms with Crippen molar-refractivity contribution in [3.63, 3.8) is 0 Å². The molecule has 0 spiro atoms. The minimum absolute atomic E-state index is 0.155. The summed E-state index contributed by atoms with van der Waals surface area (Å²) in [6, 6.07) is 8.91. The summed E-state index contributed by atoms with van der Waals surface area (Å²) in [7, 11) is 0. The van der Waals surface area contributed by atoms with Gasteiger partial charge < -0.3 is 0 Å². The van der Waals surface area contributed by atoms with Crippen LogP contribution in [0.4, 0.5) is 0 Å². The van der Waals surface area contributed by atoms with Crippen molar-refractivity contribution in [2.75, 3.05) is 0 Å². The highest BCUT2D eigenvalue weighted by Gasteiger charge is 2.24. The highest BCUT2D eigenvalue weighted by Crippen LogP contribution is 2.30. The van der Waals surface area contributed by atoms with Crippen molar-refractivity contribution < 1.29 is 0 Å². The zero-order chi connectivity index (χ0) is 12.5. The second kappa shape index (κ2) is 4.69. The second-order valence-corrected chi connectivity index (χ2v) is 5.42. The Kier molecular flexibility index (Phi) is 3.04. The van der Waals surface area contributed by atoms with Crippen LogP contribution in [0.1, 0.15) is 41.7 Å². The van der Waals surface area contributed by atoms with Gasteiger partial charge in [-0.1, -0.05) is 24.3 Å². The highest BCUT2D eigenvalue weighted by atomic mass is 35.5. The molecule has 2 aromatic rings. The number of hydrogen-bond donors (Lipinski definition) is 0. The van der Waals surface area contributed by atoms with Crippen molar-refractivity contribution in [3.8, 4) is 0 Å². The molecule has 1 heterocycles. The number of aromatic nitrogens is 4. The van der Waals surface area contributed by atoms with Crippen molar-refractivity contribution in [1.29, 1.82) is 0 Å². The van der Waals surface area contributed by atoms with Gasteiger partial charge in [0.25, 0.3) is 0 Å². The molecule has 0 bridgehead atoms. The molecule has 2 atom stereocenters.